The second-order valence-corrected chi connectivity index (χ2v) is 9.81. The number of carbonyl (C=O) groups is 1. The Labute approximate surface area is 205 Å². The minimum Gasteiger partial charge on any atom is -0.396 e. The van der Waals surface area contributed by atoms with Crippen LogP contribution in [0.5, 0.6) is 0 Å². The normalized spacial score (nSPS) is 22.4. The Kier molecular flexibility index (Phi) is 6.62. The molecule has 3 aliphatic heterocycles. The van der Waals surface area contributed by atoms with Crippen molar-refractivity contribution in [2.45, 2.75) is 32.2 Å². The summed E-state index contributed by atoms with van der Waals surface area (Å²) in [5, 5.41) is 27.3. The molecule has 1 amide bonds. The minimum atomic E-state index is 0.0203. The number of hydrogen-bond donors (Lipinski definition) is 3. The number of nitrogens with one attached hydrogen (secondary N) is 2. The van der Waals surface area contributed by atoms with Gasteiger partial charge in [-0.25, -0.2) is 0 Å². The summed E-state index contributed by atoms with van der Waals surface area (Å²) < 4.78 is 7.33. The lowest BCUT2D eigenvalue weighted by atomic mass is 9.90. The van der Waals surface area contributed by atoms with E-state index in [4.69, 9.17) is 4.74 Å². The van der Waals surface area contributed by atoms with E-state index in [9.17, 15) is 15.3 Å². The van der Waals surface area contributed by atoms with Crippen LogP contribution in [0.4, 0.5) is 5.69 Å². The van der Waals surface area contributed by atoms with Crippen LogP contribution in [-0.2, 0) is 23.0 Å². The number of anilines is 1. The molecule has 2 atom stereocenters. The van der Waals surface area contributed by atoms with Crippen LogP contribution in [0.25, 0.3) is 11.1 Å². The van der Waals surface area contributed by atoms with Gasteiger partial charge in [0.1, 0.15) is 5.84 Å². The quantitative estimate of drug-likeness (QED) is 0.448. The van der Waals surface area contributed by atoms with Gasteiger partial charge in [0.2, 0.25) is 5.91 Å². The largest absolute Gasteiger partial charge is 0.396 e. The molecular formula is C26H34N6O3. The van der Waals surface area contributed by atoms with E-state index in [1.54, 1.807) is 16.5 Å². The Morgan fingerprint density at radius 1 is 1.34 bits per heavy atom. The Morgan fingerprint density at radius 2 is 2.20 bits per heavy atom. The fourth-order valence-electron chi connectivity index (χ4n) is 5.29. The highest BCUT2D eigenvalue weighted by Gasteiger charge is 2.32. The highest BCUT2D eigenvalue weighted by atomic mass is 16.5. The predicted octanol–water partition coefficient (Wildman–Crippen LogP) is 1.92. The number of hydrogen-bond acceptors (Lipinski definition) is 6. The van der Waals surface area contributed by atoms with Crippen LogP contribution in [0.3, 0.4) is 0 Å². The molecular weight excluding hydrogens is 444 g/mol. The lowest BCUT2D eigenvalue weighted by Gasteiger charge is -2.39. The van der Waals surface area contributed by atoms with E-state index >= 15 is 0 Å². The number of amides is 1. The number of amidine groups is 1. The molecule has 186 valence electrons. The number of carbonyl (C=O) groups excluding carboxylic acids is 1. The van der Waals surface area contributed by atoms with Gasteiger partial charge >= 0.3 is 0 Å². The van der Waals surface area contributed by atoms with E-state index in [1.807, 2.05) is 24.3 Å². The van der Waals surface area contributed by atoms with Crippen LogP contribution in [0.15, 0.2) is 41.9 Å². The fourth-order valence-corrected chi connectivity index (χ4v) is 5.29. The van der Waals surface area contributed by atoms with E-state index < -0.39 is 0 Å². The number of aryl methyl sites for hydroxylation is 1. The van der Waals surface area contributed by atoms with Crippen molar-refractivity contribution < 1.29 is 14.6 Å². The third kappa shape index (κ3) is 4.83. The number of aliphatic hydroxyl groups excluding tert-OH is 1. The highest BCUT2D eigenvalue weighted by molar-refractivity contribution is 6.09. The SMILES string of the molecule is CC(=O)N1CCC(N[C@H]2CCOC2)=C(C(=N)N2CC(CO)Cc3cc(-c4cnn(C)c4)ccc32)C1. The van der Waals surface area contributed by atoms with Crippen molar-refractivity contribution in [1.82, 2.24) is 20.0 Å². The summed E-state index contributed by atoms with van der Waals surface area (Å²) in [6.45, 7) is 4.68. The molecule has 3 aliphatic rings. The summed E-state index contributed by atoms with van der Waals surface area (Å²) in [7, 11) is 1.90. The van der Waals surface area contributed by atoms with E-state index in [-0.39, 0.29) is 24.5 Å². The fraction of sp³-hybridized carbons (Fsp3) is 0.500. The number of rotatable bonds is 5. The topological polar surface area (TPSA) is 107 Å². The molecule has 0 bridgehead atoms. The van der Waals surface area contributed by atoms with Crippen LogP contribution in [-0.4, -0.2) is 77.0 Å². The first-order chi connectivity index (χ1) is 16.9. The molecule has 4 heterocycles. The van der Waals surface area contributed by atoms with Gasteiger partial charge in [0.15, 0.2) is 0 Å². The number of benzene rings is 1. The zero-order valence-corrected chi connectivity index (χ0v) is 20.5. The van der Waals surface area contributed by atoms with Gasteiger partial charge in [-0.15, -0.1) is 0 Å². The van der Waals surface area contributed by atoms with Crippen LogP contribution < -0.4 is 10.2 Å². The maximum Gasteiger partial charge on any atom is 0.219 e. The zero-order valence-electron chi connectivity index (χ0n) is 20.5. The molecule has 5 rings (SSSR count). The van der Waals surface area contributed by atoms with E-state index in [1.165, 1.54) is 0 Å². The molecule has 1 aromatic heterocycles. The molecule has 9 nitrogen and oxygen atoms in total. The smallest absolute Gasteiger partial charge is 0.219 e. The Hall–Kier alpha value is -3.17. The van der Waals surface area contributed by atoms with Crippen molar-refractivity contribution in [3.8, 4) is 11.1 Å². The number of aromatic nitrogens is 2. The highest BCUT2D eigenvalue weighted by Crippen LogP contribution is 2.35. The summed E-state index contributed by atoms with van der Waals surface area (Å²) in [5.41, 5.74) is 6.09. The van der Waals surface area contributed by atoms with Gasteiger partial charge in [0.25, 0.3) is 0 Å². The van der Waals surface area contributed by atoms with Crippen molar-refractivity contribution in [2.24, 2.45) is 13.0 Å². The van der Waals surface area contributed by atoms with Crippen LogP contribution in [0.1, 0.15) is 25.3 Å². The molecule has 0 aliphatic carbocycles. The summed E-state index contributed by atoms with van der Waals surface area (Å²) in [5.74, 6) is 0.442. The Bertz CT molecular complexity index is 1150. The van der Waals surface area contributed by atoms with Gasteiger partial charge in [0, 0.05) is 81.3 Å². The summed E-state index contributed by atoms with van der Waals surface area (Å²) in [6, 6.07) is 6.53. The minimum absolute atomic E-state index is 0.0203. The Balaban J connectivity index is 1.49. The first-order valence-corrected chi connectivity index (χ1v) is 12.3. The number of nitrogens with zero attached hydrogens (tertiary/aromatic N) is 4. The lowest BCUT2D eigenvalue weighted by Crippen LogP contribution is -2.47. The van der Waals surface area contributed by atoms with Crippen LogP contribution >= 0.6 is 0 Å². The van der Waals surface area contributed by atoms with Gasteiger partial charge in [-0.3, -0.25) is 14.9 Å². The van der Waals surface area contributed by atoms with Gasteiger partial charge in [-0.1, -0.05) is 6.07 Å². The third-order valence-corrected chi connectivity index (χ3v) is 7.27. The van der Waals surface area contributed by atoms with Gasteiger partial charge in [-0.05, 0) is 36.1 Å². The Morgan fingerprint density at radius 3 is 2.89 bits per heavy atom. The number of ether oxygens (including phenoxy) is 1. The molecule has 3 N–H and O–H groups in total. The lowest BCUT2D eigenvalue weighted by molar-refractivity contribution is -0.128. The van der Waals surface area contributed by atoms with Crippen molar-refractivity contribution in [2.75, 3.05) is 44.4 Å². The van der Waals surface area contributed by atoms with E-state index in [2.05, 4.69) is 28.6 Å². The summed E-state index contributed by atoms with van der Waals surface area (Å²) >= 11 is 0. The molecule has 9 heteroatoms. The summed E-state index contributed by atoms with van der Waals surface area (Å²) in [6.07, 6.45) is 6.23. The first-order valence-electron chi connectivity index (χ1n) is 12.3. The third-order valence-electron chi connectivity index (χ3n) is 7.27. The van der Waals surface area contributed by atoms with Crippen molar-refractivity contribution in [1.29, 1.82) is 5.41 Å². The molecule has 35 heavy (non-hydrogen) atoms. The second-order valence-electron chi connectivity index (χ2n) is 9.81. The van der Waals surface area contributed by atoms with Crippen molar-refractivity contribution in [3.63, 3.8) is 0 Å². The van der Waals surface area contributed by atoms with Crippen molar-refractivity contribution >= 4 is 17.4 Å². The maximum atomic E-state index is 12.2. The maximum absolute atomic E-state index is 12.2. The average Bonchev–Trinajstić information content (AvgIpc) is 3.54. The van der Waals surface area contributed by atoms with Crippen molar-refractivity contribution in [3.05, 3.63) is 47.4 Å². The van der Waals surface area contributed by atoms with Gasteiger partial charge < -0.3 is 25.0 Å². The van der Waals surface area contributed by atoms with Crippen LogP contribution in [0, 0.1) is 11.3 Å². The molecule has 0 radical (unpaired) electrons. The standard InChI is InChI=1S/C26H34N6O3/c1-17(34)31-7-5-24(29-22-6-8-35-16-22)23(14-31)26(27)32-12-18(15-33)9-20-10-19(3-4-25(20)32)21-11-28-30(2)13-21/h3-4,10-11,13,18,22,27,29,33H,5-9,12,14-16H2,1-2H3/t18?,22-/m0/s1. The average molecular weight is 479 g/mol. The van der Waals surface area contributed by atoms with Gasteiger partial charge in [0.05, 0.1) is 25.4 Å². The molecule has 2 aromatic rings. The molecule has 1 fully saturated rings. The van der Waals surface area contributed by atoms with E-state index in [0.717, 1.165) is 53.1 Å². The molecule has 1 saturated heterocycles. The molecule has 1 aromatic carbocycles. The molecule has 0 saturated carbocycles. The predicted molar refractivity (Wildman–Crippen MR) is 134 cm³/mol. The molecule has 0 spiro atoms. The monoisotopic (exact) mass is 478 g/mol. The second kappa shape index (κ2) is 9.83. The number of aliphatic hydroxyl groups is 1. The molecule has 1 unspecified atom stereocenters. The van der Waals surface area contributed by atoms with E-state index in [0.29, 0.717) is 38.5 Å². The summed E-state index contributed by atoms with van der Waals surface area (Å²) in [4.78, 5) is 16.0. The zero-order chi connectivity index (χ0) is 24.5. The van der Waals surface area contributed by atoms with Crippen LogP contribution in [0.2, 0.25) is 0 Å². The first kappa shape index (κ1) is 23.6. The number of fused-ring (bicyclic) bond motifs is 1. The van der Waals surface area contributed by atoms with Gasteiger partial charge in [-0.2, -0.15) is 5.10 Å².